The minimum absolute atomic E-state index is 1.11. The average molecular weight is 689 g/mol. The van der Waals surface area contributed by atoms with Gasteiger partial charge in [-0.25, -0.2) is 0 Å². The van der Waals surface area contributed by atoms with E-state index in [-0.39, 0.29) is 0 Å². The smallest absolute Gasteiger partial charge is 0.0562 e. The highest BCUT2D eigenvalue weighted by Gasteiger charge is 2.24. The molecule has 2 heteroatoms. The minimum Gasteiger partial charge on any atom is -0.309 e. The number of anilines is 3. The lowest BCUT2D eigenvalue weighted by molar-refractivity contribution is 1.18. The summed E-state index contributed by atoms with van der Waals surface area (Å²) >= 11 is 0. The van der Waals surface area contributed by atoms with Crippen LogP contribution < -0.4 is 4.90 Å². The van der Waals surface area contributed by atoms with Crippen molar-refractivity contribution in [3.63, 3.8) is 0 Å². The molecule has 54 heavy (non-hydrogen) atoms. The predicted octanol–water partition coefficient (Wildman–Crippen LogP) is 14.4. The summed E-state index contributed by atoms with van der Waals surface area (Å²) in [5, 5.41) is 4.87. The fourth-order valence-corrected chi connectivity index (χ4v) is 8.18. The molecule has 0 unspecified atom stereocenters. The van der Waals surface area contributed by atoms with Gasteiger partial charge in [0.15, 0.2) is 0 Å². The molecule has 1 aromatic heterocycles. The number of nitrogens with zero attached hydrogens (tertiary/aromatic N) is 2. The molecule has 1 heterocycles. The molecule has 0 spiro atoms. The van der Waals surface area contributed by atoms with E-state index in [9.17, 15) is 0 Å². The zero-order chi connectivity index (χ0) is 35.8. The first kappa shape index (κ1) is 31.6. The van der Waals surface area contributed by atoms with E-state index in [1.165, 1.54) is 60.4 Å². The van der Waals surface area contributed by atoms with Crippen LogP contribution in [0.25, 0.3) is 71.6 Å². The summed E-state index contributed by atoms with van der Waals surface area (Å²) in [6, 6.07) is 78.9. The molecule has 9 aromatic carbocycles. The summed E-state index contributed by atoms with van der Waals surface area (Å²) in [5.74, 6) is 0. The van der Waals surface area contributed by atoms with Crippen LogP contribution >= 0.6 is 0 Å². The maximum absolute atomic E-state index is 2.48. The molecule has 0 fully saturated rings. The summed E-state index contributed by atoms with van der Waals surface area (Å²) in [6.07, 6.45) is 0. The molecular formula is C52H36N2. The summed E-state index contributed by atoms with van der Waals surface area (Å²) < 4.78 is 2.48. The summed E-state index contributed by atoms with van der Waals surface area (Å²) in [7, 11) is 0. The summed E-state index contributed by atoms with van der Waals surface area (Å²) in [5.41, 5.74) is 14.0. The molecule has 0 aliphatic heterocycles. The van der Waals surface area contributed by atoms with Gasteiger partial charge in [0.25, 0.3) is 0 Å². The van der Waals surface area contributed by atoms with E-state index in [0.29, 0.717) is 0 Å². The number of para-hydroxylation sites is 3. The second-order valence-corrected chi connectivity index (χ2v) is 13.7. The zero-order valence-corrected chi connectivity index (χ0v) is 29.7. The molecular weight excluding hydrogens is 653 g/mol. The molecule has 0 aliphatic carbocycles. The van der Waals surface area contributed by atoms with Gasteiger partial charge < -0.3 is 9.47 Å². The lowest BCUT2D eigenvalue weighted by Crippen LogP contribution is -2.11. The Morgan fingerprint density at radius 3 is 1.72 bits per heavy atom. The molecule has 10 rings (SSSR count). The van der Waals surface area contributed by atoms with E-state index in [0.717, 1.165) is 28.3 Å². The monoisotopic (exact) mass is 688 g/mol. The van der Waals surface area contributed by atoms with E-state index in [1.54, 1.807) is 0 Å². The Morgan fingerprint density at radius 1 is 0.333 bits per heavy atom. The number of hydrogen-bond acceptors (Lipinski definition) is 1. The normalized spacial score (nSPS) is 11.3. The Bertz CT molecular complexity index is 2920. The quantitative estimate of drug-likeness (QED) is 0.162. The molecule has 0 saturated heterocycles. The van der Waals surface area contributed by atoms with E-state index in [2.05, 4.69) is 228 Å². The fourth-order valence-electron chi connectivity index (χ4n) is 8.18. The van der Waals surface area contributed by atoms with Gasteiger partial charge in [0.05, 0.1) is 28.1 Å². The van der Waals surface area contributed by atoms with Crippen LogP contribution in [0.2, 0.25) is 0 Å². The average Bonchev–Trinajstić information content (AvgIpc) is 3.59. The van der Waals surface area contributed by atoms with Gasteiger partial charge in [0.1, 0.15) is 0 Å². The van der Waals surface area contributed by atoms with Crippen molar-refractivity contribution >= 4 is 49.6 Å². The molecule has 10 aromatic rings. The van der Waals surface area contributed by atoms with Crippen LogP contribution in [0.4, 0.5) is 17.1 Å². The Hall–Kier alpha value is -7.16. The maximum Gasteiger partial charge on any atom is 0.0562 e. The zero-order valence-electron chi connectivity index (χ0n) is 29.7. The van der Waals surface area contributed by atoms with Crippen LogP contribution in [0.15, 0.2) is 218 Å². The van der Waals surface area contributed by atoms with Crippen molar-refractivity contribution in [1.29, 1.82) is 0 Å². The standard InChI is InChI=1S/C52H36N2/c1-4-18-37(19-5-1)40-34-35-49(46(36-40)44-29-16-23-38-22-10-11-26-42(38)44)54-48-31-15-13-28-45(48)52-50(32-17-33-51(52)54)53(41-24-8-3-9-25-41)47-30-14-12-27-43(47)39-20-6-2-7-21-39/h1-36H. The lowest BCUT2D eigenvalue weighted by atomic mass is 9.93. The molecule has 0 aliphatic rings. The van der Waals surface area contributed by atoms with Gasteiger partial charge >= 0.3 is 0 Å². The van der Waals surface area contributed by atoms with Gasteiger partial charge in [-0.1, -0.05) is 170 Å². The Kier molecular flexibility index (Phi) is 7.85. The van der Waals surface area contributed by atoms with Crippen LogP contribution in [0.3, 0.4) is 0 Å². The first-order chi connectivity index (χ1) is 26.8. The molecule has 2 nitrogen and oxygen atoms in total. The van der Waals surface area contributed by atoms with Gasteiger partial charge in [-0.05, 0) is 81.6 Å². The van der Waals surface area contributed by atoms with E-state index < -0.39 is 0 Å². The van der Waals surface area contributed by atoms with Crippen LogP contribution in [0.5, 0.6) is 0 Å². The third kappa shape index (κ3) is 5.36. The molecule has 0 radical (unpaired) electrons. The number of fused-ring (bicyclic) bond motifs is 4. The number of hydrogen-bond donors (Lipinski definition) is 0. The highest BCUT2D eigenvalue weighted by Crippen LogP contribution is 2.47. The number of aromatic nitrogens is 1. The largest absolute Gasteiger partial charge is 0.309 e. The third-order valence-electron chi connectivity index (χ3n) is 10.6. The van der Waals surface area contributed by atoms with Gasteiger partial charge in [-0.15, -0.1) is 0 Å². The molecule has 254 valence electrons. The topological polar surface area (TPSA) is 8.17 Å². The summed E-state index contributed by atoms with van der Waals surface area (Å²) in [4.78, 5) is 2.44. The number of rotatable bonds is 7. The van der Waals surface area contributed by atoms with Gasteiger partial charge in [0, 0.05) is 27.6 Å². The Balaban J connectivity index is 1.28. The third-order valence-corrected chi connectivity index (χ3v) is 10.6. The van der Waals surface area contributed by atoms with Crippen LogP contribution in [-0.2, 0) is 0 Å². The molecule has 0 bridgehead atoms. The van der Waals surface area contributed by atoms with Gasteiger partial charge in [0.2, 0.25) is 0 Å². The number of benzene rings is 9. The minimum atomic E-state index is 1.11. The van der Waals surface area contributed by atoms with Gasteiger partial charge in [-0.2, -0.15) is 0 Å². The van der Waals surface area contributed by atoms with Crippen molar-refractivity contribution in [2.75, 3.05) is 4.90 Å². The highest BCUT2D eigenvalue weighted by molar-refractivity contribution is 6.17. The van der Waals surface area contributed by atoms with Crippen molar-refractivity contribution in [3.05, 3.63) is 218 Å². The van der Waals surface area contributed by atoms with Crippen molar-refractivity contribution in [2.45, 2.75) is 0 Å². The fraction of sp³-hybridized carbons (Fsp3) is 0. The molecule has 0 atom stereocenters. The molecule has 0 saturated carbocycles. The van der Waals surface area contributed by atoms with Crippen molar-refractivity contribution in [2.24, 2.45) is 0 Å². The SMILES string of the molecule is c1ccc(-c2ccc(-n3c4ccccc4c4c(N(c5ccccc5)c5ccccc5-c5ccccc5)cccc43)c(-c3cccc4ccccc34)c2)cc1. The van der Waals surface area contributed by atoms with E-state index in [4.69, 9.17) is 0 Å². The Labute approximate surface area is 315 Å². The van der Waals surface area contributed by atoms with Crippen molar-refractivity contribution in [1.82, 2.24) is 4.57 Å². The van der Waals surface area contributed by atoms with Crippen LogP contribution in [0.1, 0.15) is 0 Å². The van der Waals surface area contributed by atoms with Gasteiger partial charge in [-0.3, -0.25) is 0 Å². The molecule has 0 amide bonds. The Morgan fingerprint density at radius 2 is 0.907 bits per heavy atom. The maximum atomic E-state index is 2.48. The van der Waals surface area contributed by atoms with Crippen molar-refractivity contribution < 1.29 is 0 Å². The van der Waals surface area contributed by atoms with Crippen molar-refractivity contribution in [3.8, 4) is 39.1 Å². The van der Waals surface area contributed by atoms with Crippen LogP contribution in [-0.4, -0.2) is 4.57 Å². The predicted molar refractivity (Wildman–Crippen MR) is 229 cm³/mol. The van der Waals surface area contributed by atoms with E-state index >= 15 is 0 Å². The first-order valence-corrected chi connectivity index (χ1v) is 18.5. The highest BCUT2D eigenvalue weighted by atomic mass is 15.1. The first-order valence-electron chi connectivity index (χ1n) is 18.5. The second-order valence-electron chi connectivity index (χ2n) is 13.7. The van der Waals surface area contributed by atoms with E-state index in [1.807, 2.05) is 0 Å². The second kappa shape index (κ2) is 13.4. The molecule has 0 N–H and O–H groups in total. The van der Waals surface area contributed by atoms with Crippen LogP contribution in [0, 0.1) is 0 Å². The summed E-state index contributed by atoms with van der Waals surface area (Å²) in [6.45, 7) is 0. The lowest BCUT2D eigenvalue weighted by Gasteiger charge is -2.28.